The molecule has 0 atom stereocenters. The molecular weight excluding hydrogens is 190 g/mol. The lowest BCUT2D eigenvalue weighted by Gasteiger charge is -2.05. The van der Waals surface area contributed by atoms with Gasteiger partial charge in [0.2, 0.25) is 0 Å². The van der Waals surface area contributed by atoms with Crippen LogP contribution in [-0.4, -0.2) is 8.75 Å². The molecule has 13 heavy (non-hydrogen) atoms. The summed E-state index contributed by atoms with van der Waals surface area (Å²) in [5.74, 6) is 0. The van der Waals surface area contributed by atoms with Crippen molar-refractivity contribution < 1.29 is 0 Å². The fourth-order valence-electron chi connectivity index (χ4n) is 1.20. The number of aromatic nitrogens is 2. The summed E-state index contributed by atoms with van der Waals surface area (Å²) >= 11 is 1.11. The van der Waals surface area contributed by atoms with E-state index in [4.69, 9.17) is 0 Å². The lowest BCUT2D eigenvalue weighted by Crippen LogP contribution is -2.24. The van der Waals surface area contributed by atoms with Gasteiger partial charge in [-0.25, -0.2) is 0 Å². The highest BCUT2D eigenvalue weighted by Crippen LogP contribution is 2.14. The van der Waals surface area contributed by atoms with Gasteiger partial charge in [0, 0.05) is 17.3 Å². The van der Waals surface area contributed by atoms with Crippen molar-refractivity contribution in [3.63, 3.8) is 0 Å². The number of fused-ring (bicyclic) bond motifs is 1. The number of aryl methyl sites for hydroxylation is 1. The number of hydrogen-bond acceptors (Lipinski definition) is 4. The Labute approximate surface area is 77.8 Å². The normalized spacial score (nSPS) is 10.5. The summed E-state index contributed by atoms with van der Waals surface area (Å²) < 4.78 is 6.81. The maximum absolute atomic E-state index is 10.7. The molecule has 1 aliphatic carbocycles. The molecule has 1 aliphatic heterocycles. The molecule has 0 unspecified atom stereocenters. The number of benzene rings is 1. The van der Waals surface area contributed by atoms with Crippen molar-refractivity contribution in [2.24, 2.45) is 0 Å². The number of hydrogen-bond donors (Lipinski definition) is 1. The van der Waals surface area contributed by atoms with E-state index in [0.29, 0.717) is 17.0 Å². The third kappa shape index (κ3) is 1.15. The van der Waals surface area contributed by atoms with Crippen LogP contribution in [0, 0.1) is 17.3 Å². The number of rotatable bonds is 0. The minimum absolute atomic E-state index is 0.0926. The summed E-state index contributed by atoms with van der Waals surface area (Å²) in [4.78, 5) is -0.398. The van der Waals surface area contributed by atoms with Crippen molar-refractivity contribution in [1.82, 2.24) is 13.6 Å². The van der Waals surface area contributed by atoms with Crippen molar-refractivity contribution in [2.75, 3.05) is 0 Å². The zero-order valence-electron chi connectivity index (χ0n) is 6.77. The Balaban J connectivity index is 2.96. The summed E-state index contributed by atoms with van der Waals surface area (Å²) in [6, 6.07) is 3.51. The van der Waals surface area contributed by atoms with Crippen molar-refractivity contribution in [2.45, 2.75) is 6.92 Å². The average molecular weight is 196 g/mol. The molecule has 2 aliphatic rings. The van der Waals surface area contributed by atoms with Crippen LogP contribution in [-0.2, 0) is 0 Å². The van der Waals surface area contributed by atoms with E-state index in [1.807, 2.05) is 0 Å². The quantitative estimate of drug-likeness (QED) is 0.628. The summed E-state index contributed by atoms with van der Waals surface area (Å²) in [5, 5.41) is 21.5. The van der Waals surface area contributed by atoms with Gasteiger partial charge in [0.15, 0.2) is 5.69 Å². The first kappa shape index (κ1) is 8.06. The highest BCUT2D eigenvalue weighted by molar-refractivity contribution is 6.99. The fourth-order valence-corrected chi connectivity index (χ4v) is 1.79. The lowest BCUT2D eigenvalue weighted by molar-refractivity contribution is 0.950. The number of nitrogens with one attached hydrogen (secondary N) is 1. The average Bonchev–Trinajstić information content (AvgIpc) is 2.50. The van der Waals surface area contributed by atoms with Gasteiger partial charge in [-0.1, -0.05) is 6.07 Å². The Morgan fingerprint density at radius 1 is 1.46 bits per heavy atom. The smallest absolute Gasteiger partial charge is 0.254 e. The summed E-state index contributed by atoms with van der Waals surface area (Å²) in [5.41, 5.74) is 1.79. The molecule has 0 bridgehead atoms. The summed E-state index contributed by atoms with van der Waals surface area (Å²) in [7, 11) is 0. The Hall–Kier alpha value is -1.56. The molecule has 0 saturated carbocycles. The molecule has 1 N–H and O–H groups in total. The van der Waals surface area contributed by atoms with Gasteiger partial charge in [0.1, 0.15) is 0 Å². The zero-order chi connectivity index (χ0) is 9.42. The Kier molecular flexibility index (Phi) is 1.70. The maximum atomic E-state index is 10.7. The molecule has 1 heterocycles. The van der Waals surface area contributed by atoms with E-state index in [-0.39, 0.29) is 5.36 Å². The number of nitrogens with zero attached hydrogens (tertiary/aromatic N) is 2. The Morgan fingerprint density at radius 3 is 2.92 bits per heavy atom. The second-order valence-corrected chi connectivity index (χ2v) is 3.24. The van der Waals surface area contributed by atoms with Crippen LogP contribution in [0.2, 0.25) is 0 Å². The molecule has 0 aromatic heterocycles. The lowest BCUT2D eigenvalue weighted by atomic mass is 10.1. The second kappa shape index (κ2) is 2.74. The number of H-pyrrole nitrogens is 1. The largest absolute Gasteiger partial charge is 0.612 e. The first-order valence-electron chi connectivity index (χ1n) is 3.61. The number of aromatic amines is 1. The molecule has 0 amide bonds. The van der Waals surface area contributed by atoms with Crippen LogP contribution in [0.1, 0.15) is 5.56 Å². The van der Waals surface area contributed by atoms with Gasteiger partial charge in [0.05, 0.1) is 5.69 Å². The highest BCUT2D eigenvalue weighted by atomic mass is 32.1. The Bertz CT molecular complexity index is 469. The van der Waals surface area contributed by atoms with Crippen molar-refractivity contribution in [3.8, 4) is 11.4 Å². The summed E-state index contributed by atoms with van der Waals surface area (Å²) in [6.07, 6.45) is 0. The van der Waals surface area contributed by atoms with E-state index >= 15 is 0 Å². The standard InChI is InChI=1S/C7H6N3O2S/c1-4-2-3-5-6(9-13-8-5)7(4)10(11)12/h2-3,8H,1H3/q-1. The predicted octanol–water partition coefficient (Wildman–Crippen LogP) is 0.652. The van der Waals surface area contributed by atoms with Crippen LogP contribution >= 0.6 is 11.7 Å². The van der Waals surface area contributed by atoms with Gasteiger partial charge in [-0.05, 0) is 13.0 Å². The molecule has 0 spiro atoms. The third-order valence-corrected chi connectivity index (χ3v) is 2.41. The first-order chi connectivity index (χ1) is 6.20. The maximum Gasteiger partial charge on any atom is 0.254 e. The molecule has 0 fully saturated rings. The Morgan fingerprint density at radius 2 is 2.23 bits per heavy atom. The van der Waals surface area contributed by atoms with Crippen LogP contribution in [0.4, 0.5) is 0 Å². The fraction of sp³-hybridized carbons (Fsp3) is 0.143. The van der Waals surface area contributed by atoms with Gasteiger partial charge in [-0.3, -0.25) is 4.37 Å². The van der Waals surface area contributed by atoms with E-state index in [1.54, 1.807) is 19.1 Å². The van der Waals surface area contributed by atoms with Gasteiger partial charge in [-0.2, -0.15) is 9.28 Å². The van der Waals surface area contributed by atoms with Gasteiger partial charge < -0.3 is 10.4 Å². The molecular formula is C7H6N3O2S-. The van der Waals surface area contributed by atoms with E-state index in [1.165, 1.54) is 0 Å². The van der Waals surface area contributed by atoms with Crippen molar-refractivity contribution in [3.05, 3.63) is 33.5 Å². The third-order valence-electron chi connectivity index (χ3n) is 1.83. The molecule has 5 nitrogen and oxygen atoms in total. The van der Waals surface area contributed by atoms with Crippen molar-refractivity contribution in [1.29, 1.82) is 0 Å². The van der Waals surface area contributed by atoms with Gasteiger partial charge >= 0.3 is 0 Å². The van der Waals surface area contributed by atoms with Crippen LogP contribution in [0.5, 0.6) is 0 Å². The molecule has 0 radical (unpaired) electrons. The molecule has 0 aromatic rings. The second-order valence-electron chi connectivity index (χ2n) is 2.67. The highest BCUT2D eigenvalue weighted by Gasteiger charge is 2.13. The molecule has 68 valence electrons. The van der Waals surface area contributed by atoms with Crippen LogP contribution in [0.15, 0.2) is 12.1 Å². The van der Waals surface area contributed by atoms with Crippen LogP contribution in [0.3, 0.4) is 0 Å². The molecule has 6 heteroatoms. The van der Waals surface area contributed by atoms with Crippen LogP contribution < -0.4 is 10.3 Å². The topological polar surface area (TPSA) is 77.8 Å². The monoisotopic (exact) mass is 196 g/mol. The minimum atomic E-state index is -0.398. The van der Waals surface area contributed by atoms with E-state index in [0.717, 1.165) is 11.7 Å². The zero-order valence-corrected chi connectivity index (χ0v) is 7.59. The molecule has 0 saturated heterocycles. The van der Waals surface area contributed by atoms with Gasteiger partial charge in [-0.15, -0.1) is 0 Å². The first-order valence-corrected chi connectivity index (χ1v) is 4.38. The van der Waals surface area contributed by atoms with E-state index < -0.39 is 4.90 Å². The van der Waals surface area contributed by atoms with Gasteiger partial charge in [0.25, 0.3) is 5.36 Å². The predicted molar refractivity (Wildman–Crippen MR) is 49.8 cm³/mol. The summed E-state index contributed by atoms with van der Waals surface area (Å²) in [6.45, 7) is 1.71. The minimum Gasteiger partial charge on any atom is -0.612 e. The molecule has 0 aromatic carbocycles. The van der Waals surface area contributed by atoms with Crippen molar-refractivity contribution >= 4 is 11.7 Å². The van der Waals surface area contributed by atoms with Crippen LogP contribution in [0.25, 0.3) is 11.4 Å². The molecule has 2 rings (SSSR count). The van der Waals surface area contributed by atoms with E-state index in [2.05, 4.69) is 8.75 Å². The SMILES string of the molecule is Cc1ccc2[nH]snc-2c1=[N+]([O-])[O-]. The van der Waals surface area contributed by atoms with E-state index in [9.17, 15) is 10.4 Å².